The zero-order valence-corrected chi connectivity index (χ0v) is 11.8. The van der Waals surface area contributed by atoms with Crippen LogP contribution in [-0.2, 0) is 23.0 Å². The average molecular weight is 327 g/mol. The molecule has 1 aromatic carbocycles. The van der Waals surface area contributed by atoms with Gasteiger partial charge in [0.05, 0.1) is 0 Å². The van der Waals surface area contributed by atoms with E-state index >= 15 is 0 Å². The van der Waals surface area contributed by atoms with Gasteiger partial charge >= 0.3 is 74.9 Å². The van der Waals surface area contributed by atoms with E-state index in [1.807, 2.05) is 18.2 Å². The first kappa shape index (κ1) is 12.0. The fourth-order valence-corrected chi connectivity index (χ4v) is 1.67. The first-order valence-corrected chi connectivity index (χ1v) is 4.73. The first-order valence-electron chi connectivity index (χ1n) is 3.25. The van der Waals surface area contributed by atoms with Crippen LogP contribution in [0, 0.1) is 0 Å². The molecule has 0 aliphatic heterocycles. The number of esters is 1. The van der Waals surface area contributed by atoms with E-state index < -0.39 is 0 Å². The SMILES string of the molecule is COC(=O)c1cccc[c]1[Zn+].[I-]. The topological polar surface area (TPSA) is 26.3 Å². The van der Waals surface area contributed by atoms with Gasteiger partial charge in [-0.15, -0.1) is 0 Å². The second-order valence-electron chi connectivity index (χ2n) is 2.15. The van der Waals surface area contributed by atoms with Crippen LogP contribution < -0.4 is 28.1 Å². The Morgan fingerprint density at radius 3 is 2.50 bits per heavy atom. The molecule has 0 heterocycles. The number of rotatable bonds is 1. The maximum atomic E-state index is 11.0. The van der Waals surface area contributed by atoms with Crippen LogP contribution in [-0.4, -0.2) is 13.1 Å². The van der Waals surface area contributed by atoms with Gasteiger partial charge in [-0.2, -0.15) is 0 Å². The molecule has 60 valence electrons. The molecule has 0 saturated carbocycles. The molecule has 0 bridgehead atoms. The van der Waals surface area contributed by atoms with Gasteiger partial charge in [0, 0.05) is 0 Å². The summed E-state index contributed by atoms with van der Waals surface area (Å²) in [5, 5.41) is 0. The van der Waals surface area contributed by atoms with Gasteiger partial charge in [0.1, 0.15) is 0 Å². The van der Waals surface area contributed by atoms with Crippen molar-refractivity contribution >= 4 is 10.1 Å². The summed E-state index contributed by atoms with van der Waals surface area (Å²) in [4.78, 5) is 11.0. The van der Waals surface area contributed by atoms with E-state index in [1.54, 1.807) is 6.07 Å². The number of carbonyl (C=O) groups is 1. The molecule has 2 nitrogen and oxygen atoms in total. The minimum Gasteiger partial charge on any atom is -1.00 e. The van der Waals surface area contributed by atoms with E-state index in [0.29, 0.717) is 5.56 Å². The van der Waals surface area contributed by atoms with Crippen LogP contribution in [0.1, 0.15) is 10.4 Å². The number of halogens is 1. The van der Waals surface area contributed by atoms with Crippen molar-refractivity contribution < 1.29 is 51.8 Å². The van der Waals surface area contributed by atoms with E-state index in [0.717, 1.165) is 22.5 Å². The second-order valence-corrected chi connectivity index (χ2v) is 3.75. The van der Waals surface area contributed by atoms with Gasteiger partial charge in [-0.1, -0.05) is 0 Å². The van der Waals surface area contributed by atoms with Gasteiger partial charge in [-0.25, -0.2) is 0 Å². The van der Waals surface area contributed by atoms with E-state index in [2.05, 4.69) is 4.74 Å². The van der Waals surface area contributed by atoms with Gasteiger partial charge in [-0.3, -0.25) is 0 Å². The average Bonchev–Trinajstić information content (AvgIpc) is 2.04. The van der Waals surface area contributed by atoms with E-state index in [1.165, 1.54) is 7.11 Å². The third kappa shape index (κ3) is 2.83. The molecule has 0 amide bonds. The molecule has 0 unspecified atom stereocenters. The van der Waals surface area contributed by atoms with Gasteiger partial charge < -0.3 is 24.0 Å². The third-order valence-corrected chi connectivity index (χ3v) is 2.72. The summed E-state index contributed by atoms with van der Waals surface area (Å²) in [6.07, 6.45) is 0. The van der Waals surface area contributed by atoms with Crippen LogP contribution >= 0.6 is 0 Å². The Kier molecular flexibility index (Phi) is 5.67. The van der Waals surface area contributed by atoms with E-state index in [4.69, 9.17) is 0 Å². The standard InChI is InChI=1S/C8H7O2.HI.Zn/c1-10-8(9)7-5-3-2-4-6-7;;/h2-5H,1H3;1H;/q;;+1/p-1. The molecule has 0 aromatic heterocycles. The summed E-state index contributed by atoms with van der Waals surface area (Å²) in [5.74, 6) is -0.244. The number of hydrogen-bond donors (Lipinski definition) is 0. The number of benzene rings is 1. The summed E-state index contributed by atoms with van der Waals surface area (Å²) in [5.41, 5.74) is 0.690. The van der Waals surface area contributed by atoms with Crippen LogP contribution in [0.25, 0.3) is 0 Å². The molecule has 0 saturated heterocycles. The van der Waals surface area contributed by atoms with Crippen molar-refractivity contribution in [2.45, 2.75) is 0 Å². The van der Waals surface area contributed by atoms with Crippen LogP contribution in [0.2, 0.25) is 0 Å². The Labute approximate surface area is 98.4 Å². The third-order valence-electron chi connectivity index (χ3n) is 1.42. The summed E-state index contributed by atoms with van der Waals surface area (Å²) in [7, 11) is 1.40. The fourth-order valence-electron chi connectivity index (χ4n) is 0.829. The molecular weight excluding hydrogens is 320 g/mol. The zero-order chi connectivity index (χ0) is 8.27. The van der Waals surface area contributed by atoms with E-state index in [-0.39, 0.29) is 29.9 Å². The van der Waals surface area contributed by atoms with Crippen molar-refractivity contribution in [3.05, 3.63) is 29.8 Å². The molecule has 12 heavy (non-hydrogen) atoms. The number of methoxy groups -OCH3 is 1. The number of hydrogen-bond acceptors (Lipinski definition) is 2. The summed E-state index contributed by atoms with van der Waals surface area (Å²) in [6, 6.07) is 7.48. The normalized spacial score (nSPS) is 8.58. The monoisotopic (exact) mass is 326 g/mol. The Morgan fingerprint density at radius 1 is 1.42 bits per heavy atom. The van der Waals surface area contributed by atoms with Crippen molar-refractivity contribution in [1.29, 1.82) is 0 Å². The Bertz CT molecular complexity index is 276. The zero-order valence-electron chi connectivity index (χ0n) is 6.71. The molecular formula is C8H7IO2Zn. The molecule has 1 rings (SSSR count). The quantitative estimate of drug-likeness (QED) is 0.328. The molecule has 0 fully saturated rings. The van der Waals surface area contributed by atoms with Crippen LogP contribution in [0.15, 0.2) is 24.3 Å². The maximum Gasteiger partial charge on any atom is -1.00 e. The fraction of sp³-hybridized carbons (Fsp3) is 0.125. The number of ether oxygens (including phenoxy) is 1. The van der Waals surface area contributed by atoms with Crippen molar-refractivity contribution in [2.24, 2.45) is 0 Å². The van der Waals surface area contributed by atoms with E-state index in [9.17, 15) is 4.79 Å². The molecule has 4 heteroatoms. The van der Waals surface area contributed by atoms with Gasteiger partial charge in [0.2, 0.25) is 0 Å². The molecule has 0 radical (unpaired) electrons. The summed E-state index contributed by atoms with van der Waals surface area (Å²) in [6.45, 7) is 0. The smallest absolute Gasteiger partial charge is 1.00 e. The van der Waals surface area contributed by atoms with Gasteiger partial charge in [0.15, 0.2) is 0 Å². The van der Waals surface area contributed by atoms with Crippen LogP contribution in [0.5, 0.6) is 0 Å². The van der Waals surface area contributed by atoms with Crippen LogP contribution in [0.3, 0.4) is 0 Å². The van der Waals surface area contributed by atoms with Crippen molar-refractivity contribution in [3.8, 4) is 0 Å². The largest absolute Gasteiger partial charge is 1.00 e. The van der Waals surface area contributed by atoms with Crippen LogP contribution in [0.4, 0.5) is 0 Å². The Hall–Kier alpha value is 0.0434. The van der Waals surface area contributed by atoms with Crippen molar-refractivity contribution in [2.75, 3.05) is 7.11 Å². The Morgan fingerprint density at radius 2 is 2.00 bits per heavy atom. The predicted molar refractivity (Wildman–Crippen MR) is 37.4 cm³/mol. The summed E-state index contributed by atoms with van der Waals surface area (Å²) < 4.78 is 5.67. The van der Waals surface area contributed by atoms with Crippen molar-refractivity contribution in [1.82, 2.24) is 0 Å². The second kappa shape index (κ2) is 5.65. The molecule has 0 N–H and O–H groups in total. The summed E-state index contributed by atoms with van der Waals surface area (Å²) >= 11 is 0.977. The van der Waals surface area contributed by atoms with Gasteiger partial charge in [0.25, 0.3) is 0 Å². The van der Waals surface area contributed by atoms with Gasteiger partial charge in [-0.05, 0) is 0 Å². The molecule has 0 atom stereocenters. The molecule has 1 aromatic rings. The molecule has 0 spiro atoms. The van der Waals surface area contributed by atoms with Crippen molar-refractivity contribution in [3.63, 3.8) is 0 Å². The first-order chi connectivity index (χ1) is 5.25. The molecule has 0 aliphatic carbocycles. The number of carbonyl (C=O) groups excluding carboxylic acids is 1. The maximum absolute atomic E-state index is 11.0. The predicted octanol–water partition coefficient (Wildman–Crippen LogP) is -2.35. The minimum atomic E-state index is -0.244. The minimum absolute atomic E-state index is 0. The Balaban J connectivity index is 0.00000121. The molecule has 0 aliphatic rings.